The summed E-state index contributed by atoms with van der Waals surface area (Å²) in [5.74, 6) is -0.0506. The van der Waals surface area contributed by atoms with Crippen molar-refractivity contribution in [2.75, 3.05) is 38.8 Å². The number of phosphoric acid groups is 1. The van der Waals surface area contributed by atoms with Gasteiger partial charge in [0.15, 0.2) is 24.6 Å². The summed E-state index contributed by atoms with van der Waals surface area (Å²) in [5.41, 5.74) is 4.82. The van der Waals surface area contributed by atoms with Crippen LogP contribution in [-0.4, -0.2) is 82.6 Å². The van der Waals surface area contributed by atoms with Crippen molar-refractivity contribution in [2.24, 2.45) is 0 Å². The molecule has 3 heterocycles. The molecule has 2 unspecified atom stereocenters. The number of nitrogens with two attached hydrogens (primary N) is 1. The van der Waals surface area contributed by atoms with Crippen LogP contribution >= 0.6 is 7.82 Å². The first kappa shape index (κ1) is 39.2. The predicted molar refractivity (Wildman–Crippen MR) is 180 cm³/mol. The average molecular weight is 733 g/mol. The molecule has 51 heavy (non-hydrogen) atoms. The molecule has 3 aromatic rings. The Bertz CT molecular complexity index is 1770. The van der Waals surface area contributed by atoms with Gasteiger partial charge in [-0.2, -0.15) is 5.10 Å². The van der Waals surface area contributed by atoms with Crippen LogP contribution < -0.4 is 10.3 Å². The van der Waals surface area contributed by atoms with Crippen molar-refractivity contribution in [3.63, 3.8) is 0 Å². The van der Waals surface area contributed by atoms with E-state index in [1.165, 1.54) is 23.0 Å². The van der Waals surface area contributed by atoms with Gasteiger partial charge in [-0.1, -0.05) is 20.4 Å². The molecule has 1 aliphatic rings. The van der Waals surface area contributed by atoms with Gasteiger partial charge in [0, 0.05) is 38.2 Å². The number of carbonyl (C=O) groups excluding carboxylic acids is 1. The highest BCUT2D eigenvalue weighted by Crippen LogP contribution is 2.53. The third-order valence-corrected chi connectivity index (χ3v) is 8.97. The van der Waals surface area contributed by atoms with E-state index >= 15 is 0 Å². The highest BCUT2D eigenvalue weighted by molar-refractivity contribution is 7.48. The average Bonchev–Trinajstić information content (AvgIpc) is 3.69. The summed E-state index contributed by atoms with van der Waals surface area (Å²) in [4.78, 5) is 30.3. The molecule has 2 aromatic heterocycles. The second-order valence-corrected chi connectivity index (χ2v) is 12.6. The Hall–Kier alpha value is -4.63. The smallest absolute Gasteiger partial charge is 0.489 e. The lowest BCUT2D eigenvalue weighted by Crippen LogP contribution is -2.46. The van der Waals surface area contributed by atoms with Gasteiger partial charge in [0.25, 0.3) is 5.69 Å². The van der Waals surface area contributed by atoms with Crippen LogP contribution in [0.3, 0.4) is 0 Å². The van der Waals surface area contributed by atoms with Crippen molar-refractivity contribution in [3.8, 4) is 5.75 Å². The largest absolute Gasteiger partial charge is 0.530 e. The van der Waals surface area contributed by atoms with Gasteiger partial charge in [0.05, 0.1) is 16.4 Å². The number of allylic oxidation sites excluding steroid dienone is 1. The SMILES string of the molecule is [C-]#[N+][C@]1(COP(=O)(OCC(COC(=O)CC)OC(=C)CC)Oc2ccc([N+](=O)[O-])cc2)O[C@@H](c2ccc3c(N)ncnn23)[C@H](OCC)[C@@H]1OCC. The maximum Gasteiger partial charge on any atom is 0.530 e. The summed E-state index contributed by atoms with van der Waals surface area (Å²) >= 11 is 0. The fourth-order valence-electron chi connectivity index (χ4n) is 5.11. The number of hydrogen-bond acceptors (Lipinski definition) is 15. The summed E-state index contributed by atoms with van der Waals surface area (Å²) in [7, 11) is -4.74. The van der Waals surface area contributed by atoms with Gasteiger partial charge in [-0.15, -0.1) is 0 Å². The first-order valence-electron chi connectivity index (χ1n) is 16.1. The fourth-order valence-corrected chi connectivity index (χ4v) is 6.37. The Kier molecular flexibility index (Phi) is 13.5. The third kappa shape index (κ3) is 9.38. The van der Waals surface area contributed by atoms with Crippen molar-refractivity contribution in [1.82, 2.24) is 14.6 Å². The lowest BCUT2D eigenvalue weighted by Gasteiger charge is -2.27. The van der Waals surface area contributed by atoms with E-state index in [2.05, 4.69) is 21.5 Å². The number of ether oxygens (including phenoxy) is 5. The number of hydrogen-bond donors (Lipinski definition) is 1. The molecule has 2 N–H and O–H groups in total. The van der Waals surface area contributed by atoms with Crippen LogP contribution in [0, 0.1) is 16.7 Å². The van der Waals surface area contributed by atoms with Crippen LogP contribution in [0.2, 0.25) is 0 Å². The summed E-state index contributed by atoms with van der Waals surface area (Å²) in [6.07, 6.45) is -2.08. The van der Waals surface area contributed by atoms with Gasteiger partial charge >= 0.3 is 19.5 Å². The molecule has 0 amide bonds. The highest BCUT2D eigenvalue weighted by Gasteiger charge is 2.65. The Balaban J connectivity index is 1.68. The number of anilines is 1. The second-order valence-electron chi connectivity index (χ2n) is 11.0. The maximum absolute atomic E-state index is 14.4. The number of non-ortho nitro benzene ring substituents is 1. The van der Waals surface area contributed by atoms with Gasteiger partial charge in [-0.25, -0.2) is 20.6 Å². The van der Waals surface area contributed by atoms with Gasteiger partial charge in [0.1, 0.15) is 43.0 Å². The normalized spacial score (nSPS) is 21.7. The van der Waals surface area contributed by atoms with E-state index in [0.29, 0.717) is 23.4 Å². The number of esters is 1. The van der Waals surface area contributed by atoms with E-state index in [9.17, 15) is 19.5 Å². The zero-order valence-corrected chi connectivity index (χ0v) is 29.6. The number of phosphoric ester groups is 1. The molecule has 0 bridgehead atoms. The number of nitrogens with zero attached hydrogens (tertiary/aromatic N) is 5. The van der Waals surface area contributed by atoms with Crippen molar-refractivity contribution >= 4 is 30.8 Å². The molecule has 4 rings (SSSR count). The summed E-state index contributed by atoms with van der Waals surface area (Å²) in [5, 5.41) is 15.5. The quantitative estimate of drug-likeness (QED) is 0.0395. The molecule has 276 valence electrons. The van der Waals surface area contributed by atoms with Gasteiger partial charge in [0.2, 0.25) is 0 Å². The van der Waals surface area contributed by atoms with Crippen molar-refractivity contribution < 1.29 is 51.5 Å². The standard InChI is InChI=1S/C32H41N6O12P/c1-7-21(5)48-24(17-45-27(39)8-2)18-46-51(42,50-23-13-11-22(12-14-23)38(40)41)47-19-32(34-6)30(44-10-4)29(43-9-3)28(49-32)25-15-16-26-31(33)35-20-36-37(25)26/h11-16,20,24,28-30H,5,7-10,17-19H2,1-4H3,(H2,33,35,36)/t24?,28-,29-,30-,32+,51?/m0/s1. The molecule has 18 nitrogen and oxygen atoms in total. The molecular formula is C32H41N6O12P. The molecule has 0 spiro atoms. The van der Waals surface area contributed by atoms with E-state index < -0.39 is 62.1 Å². The molecule has 1 aromatic carbocycles. The number of benzene rings is 1. The third-order valence-electron chi connectivity index (χ3n) is 7.63. The van der Waals surface area contributed by atoms with Crippen LogP contribution in [0.15, 0.2) is 55.1 Å². The van der Waals surface area contributed by atoms with Gasteiger partial charge in [-0.05, 0) is 38.1 Å². The number of carbonyl (C=O) groups is 1. The molecule has 0 saturated carbocycles. The molecular weight excluding hydrogens is 691 g/mol. The van der Waals surface area contributed by atoms with E-state index in [-0.39, 0.29) is 43.5 Å². The van der Waals surface area contributed by atoms with Crippen LogP contribution in [0.1, 0.15) is 52.3 Å². The lowest BCUT2D eigenvalue weighted by atomic mass is 10.0. The monoisotopic (exact) mass is 732 g/mol. The van der Waals surface area contributed by atoms with Crippen LogP contribution in [0.25, 0.3) is 10.4 Å². The minimum absolute atomic E-state index is 0.107. The van der Waals surface area contributed by atoms with Crippen LogP contribution in [-0.2, 0) is 42.1 Å². The highest BCUT2D eigenvalue weighted by atomic mass is 31.2. The van der Waals surface area contributed by atoms with E-state index in [0.717, 1.165) is 12.1 Å². The predicted octanol–water partition coefficient (Wildman–Crippen LogP) is 5.20. The Morgan fingerprint density at radius 3 is 2.49 bits per heavy atom. The van der Waals surface area contributed by atoms with E-state index in [1.54, 1.807) is 39.8 Å². The molecule has 19 heteroatoms. The van der Waals surface area contributed by atoms with E-state index in [4.69, 9.17) is 49.6 Å². The molecule has 6 atom stereocenters. The lowest BCUT2D eigenvalue weighted by molar-refractivity contribution is -0.384. The molecule has 0 radical (unpaired) electrons. The molecule has 1 aliphatic heterocycles. The van der Waals surface area contributed by atoms with Gasteiger partial charge in [-0.3, -0.25) is 33.5 Å². The van der Waals surface area contributed by atoms with Crippen LogP contribution in [0.5, 0.6) is 5.75 Å². The van der Waals surface area contributed by atoms with Crippen LogP contribution in [0.4, 0.5) is 11.5 Å². The number of rotatable bonds is 20. The number of nitrogen functional groups attached to an aromatic ring is 1. The van der Waals surface area contributed by atoms with Gasteiger partial charge < -0.3 is 29.2 Å². The number of aromatic nitrogens is 3. The molecule has 0 aliphatic carbocycles. The molecule has 1 saturated heterocycles. The Morgan fingerprint density at radius 1 is 1.14 bits per heavy atom. The fraction of sp³-hybridized carbons (Fsp3) is 0.500. The number of nitro benzene ring substituents is 1. The Morgan fingerprint density at radius 2 is 1.86 bits per heavy atom. The zero-order chi connectivity index (χ0) is 37.2. The topological polar surface area (TPSA) is 212 Å². The first-order chi connectivity index (χ1) is 24.4. The molecule has 1 fully saturated rings. The van der Waals surface area contributed by atoms with E-state index in [1.807, 2.05) is 0 Å². The maximum atomic E-state index is 14.4. The summed E-state index contributed by atoms with van der Waals surface area (Å²) in [6.45, 7) is 17.9. The Labute approximate surface area is 294 Å². The summed E-state index contributed by atoms with van der Waals surface area (Å²) in [6, 6.07) is 8.11. The number of fused-ring (bicyclic) bond motifs is 1. The van der Waals surface area contributed by atoms with Crippen molar-refractivity contribution in [1.29, 1.82) is 0 Å². The second kappa shape index (κ2) is 17.5. The minimum atomic E-state index is -4.74. The van der Waals surface area contributed by atoms with Crippen molar-refractivity contribution in [2.45, 2.75) is 70.7 Å². The minimum Gasteiger partial charge on any atom is -0.489 e. The zero-order valence-electron chi connectivity index (χ0n) is 28.7. The van der Waals surface area contributed by atoms with Crippen molar-refractivity contribution in [3.05, 3.63) is 82.3 Å². The summed E-state index contributed by atoms with van der Waals surface area (Å²) < 4.78 is 62.8. The number of nitro groups is 1. The first-order valence-corrected chi connectivity index (χ1v) is 17.6.